The maximum atomic E-state index is 12.3. The van der Waals surface area contributed by atoms with Crippen LogP contribution in [0, 0.1) is 0 Å². The number of benzene rings is 1. The van der Waals surface area contributed by atoms with Crippen molar-refractivity contribution in [2.45, 2.75) is 31.5 Å². The average Bonchev–Trinajstić information content (AvgIpc) is 3.08. The summed E-state index contributed by atoms with van der Waals surface area (Å²) < 4.78 is 10.9. The van der Waals surface area contributed by atoms with Crippen LogP contribution in [-0.2, 0) is 9.53 Å². The van der Waals surface area contributed by atoms with Crippen LogP contribution in [0.25, 0.3) is 11.0 Å². The lowest BCUT2D eigenvalue weighted by Gasteiger charge is -2.40. The van der Waals surface area contributed by atoms with Crippen molar-refractivity contribution in [2.24, 2.45) is 0 Å². The molecule has 7 nitrogen and oxygen atoms in total. The summed E-state index contributed by atoms with van der Waals surface area (Å²) in [5.41, 5.74) is 1.70. The summed E-state index contributed by atoms with van der Waals surface area (Å²) in [4.78, 5) is 22.4. The number of amides is 1. The number of nitrogens with zero attached hydrogens (tertiary/aromatic N) is 2. The second-order valence-corrected chi connectivity index (χ2v) is 8.10. The number of rotatable bonds is 8. The van der Waals surface area contributed by atoms with Gasteiger partial charge in [0.25, 0.3) is 0 Å². The van der Waals surface area contributed by atoms with Crippen LogP contribution < -0.4 is 10.1 Å². The van der Waals surface area contributed by atoms with Crippen molar-refractivity contribution in [1.29, 1.82) is 0 Å². The van der Waals surface area contributed by atoms with Gasteiger partial charge < -0.3 is 19.8 Å². The summed E-state index contributed by atoms with van der Waals surface area (Å²) in [6.07, 6.45) is 0. The topological polar surface area (TPSA) is 79.5 Å². The van der Waals surface area contributed by atoms with Crippen molar-refractivity contribution in [3.63, 3.8) is 0 Å². The van der Waals surface area contributed by atoms with Gasteiger partial charge in [0.2, 0.25) is 5.91 Å². The Bertz CT molecular complexity index is 771. The highest BCUT2D eigenvalue weighted by atomic mass is 32.2. The first-order valence-corrected chi connectivity index (χ1v) is 10.3. The van der Waals surface area contributed by atoms with Crippen LogP contribution in [-0.4, -0.2) is 71.5 Å². The summed E-state index contributed by atoms with van der Waals surface area (Å²) >= 11 is 1.41. The maximum absolute atomic E-state index is 12.3. The molecular weight excluding hydrogens is 364 g/mol. The number of H-pyrrole nitrogens is 1. The Morgan fingerprint density at radius 1 is 1.41 bits per heavy atom. The summed E-state index contributed by atoms with van der Waals surface area (Å²) in [6.45, 7) is 10.8. The molecule has 27 heavy (non-hydrogen) atoms. The molecule has 148 valence electrons. The van der Waals surface area contributed by atoms with Gasteiger partial charge in [-0.2, -0.15) is 0 Å². The van der Waals surface area contributed by atoms with Crippen LogP contribution in [0.4, 0.5) is 0 Å². The minimum Gasteiger partial charge on any atom is -0.494 e. The number of aromatic nitrogens is 2. The average molecular weight is 393 g/mol. The molecule has 0 bridgehead atoms. The molecule has 1 amide bonds. The molecule has 1 aliphatic heterocycles. The Hall–Kier alpha value is -1.77. The molecule has 1 fully saturated rings. The van der Waals surface area contributed by atoms with E-state index in [0.29, 0.717) is 18.9 Å². The number of nitrogens with one attached hydrogen (secondary N) is 2. The third kappa shape index (κ3) is 5.37. The lowest BCUT2D eigenvalue weighted by molar-refractivity contribution is -0.119. The minimum atomic E-state index is -0.0842. The quantitative estimate of drug-likeness (QED) is 0.671. The van der Waals surface area contributed by atoms with Gasteiger partial charge in [-0.25, -0.2) is 4.98 Å². The first-order chi connectivity index (χ1) is 13.0. The fourth-order valence-corrected chi connectivity index (χ4v) is 3.79. The second kappa shape index (κ2) is 8.95. The zero-order valence-corrected chi connectivity index (χ0v) is 17.0. The highest BCUT2D eigenvalue weighted by Crippen LogP contribution is 2.23. The Labute approximate surface area is 164 Å². The number of carbonyl (C=O) groups excluding carboxylic acids is 1. The molecule has 0 spiro atoms. The Kier molecular flexibility index (Phi) is 6.62. The van der Waals surface area contributed by atoms with Gasteiger partial charge in [-0.3, -0.25) is 9.69 Å². The maximum Gasteiger partial charge on any atom is 0.230 e. The molecule has 2 heterocycles. The fourth-order valence-electron chi connectivity index (χ4n) is 3.07. The van der Waals surface area contributed by atoms with Gasteiger partial charge in [0.05, 0.1) is 36.6 Å². The van der Waals surface area contributed by atoms with Crippen LogP contribution in [0.3, 0.4) is 0 Å². The van der Waals surface area contributed by atoms with E-state index in [0.717, 1.165) is 48.2 Å². The van der Waals surface area contributed by atoms with Crippen molar-refractivity contribution < 1.29 is 14.3 Å². The van der Waals surface area contributed by atoms with Crippen molar-refractivity contribution in [2.75, 3.05) is 45.2 Å². The minimum absolute atomic E-state index is 0.0109. The number of aromatic amines is 1. The van der Waals surface area contributed by atoms with Gasteiger partial charge in [-0.05, 0) is 32.9 Å². The summed E-state index contributed by atoms with van der Waals surface area (Å²) in [6, 6.07) is 5.76. The lowest BCUT2D eigenvalue weighted by Crippen LogP contribution is -2.55. The molecule has 1 aliphatic rings. The number of hydrogen-bond donors (Lipinski definition) is 2. The number of carbonyl (C=O) groups is 1. The zero-order chi connectivity index (χ0) is 19.3. The van der Waals surface area contributed by atoms with Gasteiger partial charge in [-0.15, -0.1) is 0 Å². The molecule has 2 aromatic rings. The van der Waals surface area contributed by atoms with E-state index in [9.17, 15) is 4.79 Å². The molecule has 0 saturated carbocycles. The van der Waals surface area contributed by atoms with Gasteiger partial charge in [0.15, 0.2) is 5.16 Å². The Morgan fingerprint density at radius 3 is 2.93 bits per heavy atom. The molecule has 1 aromatic heterocycles. The van der Waals surface area contributed by atoms with E-state index >= 15 is 0 Å². The third-order valence-electron chi connectivity index (χ3n) is 4.67. The Balaban J connectivity index is 1.49. The molecule has 0 radical (unpaired) electrons. The van der Waals surface area contributed by atoms with Crippen molar-refractivity contribution in [1.82, 2.24) is 20.2 Å². The molecule has 0 aliphatic carbocycles. The number of thioether (sulfide) groups is 1. The first-order valence-electron chi connectivity index (χ1n) is 9.33. The molecule has 1 aromatic carbocycles. The van der Waals surface area contributed by atoms with Gasteiger partial charge in [0, 0.05) is 31.2 Å². The molecule has 0 unspecified atom stereocenters. The van der Waals surface area contributed by atoms with Gasteiger partial charge >= 0.3 is 0 Å². The van der Waals surface area contributed by atoms with Crippen molar-refractivity contribution in [3.8, 4) is 5.75 Å². The van der Waals surface area contributed by atoms with Gasteiger partial charge in [-0.1, -0.05) is 11.8 Å². The molecule has 0 atom stereocenters. The normalized spacial score (nSPS) is 15.8. The SMILES string of the molecule is CCOc1ccc2nc(SCC(=O)NCC(C)(C)N3CCOCC3)[nH]c2c1. The zero-order valence-electron chi connectivity index (χ0n) is 16.2. The van der Waals surface area contributed by atoms with Crippen LogP contribution in [0.2, 0.25) is 0 Å². The molecule has 8 heteroatoms. The third-order valence-corrected chi connectivity index (χ3v) is 5.54. The Morgan fingerprint density at radius 2 is 2.19 bits per heavy atom. The van der Waals surface area contributed by atoms with Crippen LogP contribution in [0.1, 0.15) is 20.8 Å². The molecule has 1 saturated heterocycles. The second-order valence-electron chi connectivity index (χ2n) is 7.13. The lowest BCUT2D eigenvalue weighted by atomic mass is 10.0. The molecular formula is C19H28N4O3S. The van der Waals surface area contributed by atoms with Crippen molar-refractivity contribution >= 4 is 28.7 Å². The molecule has 3 rings (SSSR count). The monoisotopic (exact) mass is 392 g/mol. The predicted molar refractivity (Wildman–Crippen MR) is 107 cm³/mol. The standard InChI is InChI=1S/C19H28N4O3S/c1-4-26-14-5-6-15-16(11-14)22-18(21-15)27-12-17(24)20-13-19(2,3)23-7-9-25-10-8-23/h5-6,11H,4,7-10,12-13H2,1-3H3,(H,20,24)(H,21,22). The number of morpholine rings is 1. The van der Waals surface area contributed by atoms with Gasteiger partial charge in [0.1, 0.15) is 5.75 Å². The van der Waals surface area contributed by atoms with E-state index < -0.39 is 0 Å². The highest BCUT2D eigenvalue weighted by molar-refractivity contribution is 7.99. The predicted octanol–water partition coefficient (Wildman–Crippen LogP) is 2.28. The summed E-state index contributed by atoms with van der Waals surface area (Å²) in [5.74, 6) is 1.15. The largest absolute Gasteiger partial charge is 0.494 e. The number of fused-ring (bicyclic) bond motifs is 1. The molecule has 2 N–H and O–H groups in total. The van der Waals surface area contributed by atoms with E-state index in [1.54, 1.807) is 0 Å². The summed E-state index contributed by atoms with van der Waals surface area (Å²) in [7, 11) is 0. The van der Waals surface area contributed by atoms with Crippen LogP contribution in [0.5, 0.6) is 5.75 Å². The van der Waals surface area contributed by atoms with Crippen molar-refractivity contribution in [3.05, 3.63) is 18.2 Å². The smallest absolute Gasteiger partial charge is 0.230 e. The fraction of sp³-hybridized carbons (Fsp3) is 0.579. The first kappa shape index (κ1) is 20.0. The van der Waals surface area contributed by atoms with Crippen LogP contribution in [0.15, 0.2) is 23.4 Å². The van der Waals surface area contributed by atoms with E-state index in [-0.39, 0.29) is 11.4 Å². The van der Waals surface area contributed by atoms with E-state index in [1.165, 1.54) is 11.8 Å². The number of ether oxygens (including phenoxy) is 2. The number of imidazole rings is 1. The van der Waals surface area contributed by atoms with E-state index in [4.69, 9.17) is 9.47 Å². The van der Waals surface area contributed by atoms with Crippen LogP contribution >= 0.6 is 11.8 Å². The number of hydrogen-bond acceptors (Lipinski definition) is 6. The summed E-state index contributed by atoms with van der Waals surface area (Å²) in [5, 5.41) is 3.78. The highest BCUT2D eigenvalue weighted by Gasteiger charge is 2.28. The van der Waals surface area contributed by atoms with E-state index in [1.807, 2.05) is 25.1 Å². The van der Waals surface area contributed by atoms with E-state index in [2.05, 4.69) is 34.0 Å².